The quantitative estimate of drug-likeness (QED) is 0.806. The zero-order chi connectivity index (χ0) is 13.0. The Morgan fingerprint density at radius 1 is 0.778 bits per heavy atom. The smallest absolute Gasteiger partial charge is 0.265 e. The summed E-state index contributed by atoms with van der Waals surface area (Å²) >= 11 is 0. The number of alkyl halides is 3. The molecule has 0 unspecified atom stereocenters. The summed E-state index contributed by atoms with van der Waals surface area (Å²) in [7, 11) is 0. The van der Waals surface area contributed by atoms with Gasteiger partial charge in [-0.15, -0.1) is 0 Å². The number of aromatic nitrogens is 1. The van der Waals surface area contributed by atoms with Gasteiger partial charge in [-0.05, 0) is 48.2 Å². The number of benzene rings is 1. The summed E-state index contributed by atoms with van der Waals surface area (Å²) in [4.78, 5) is 3.91. The first-order chi connectivity index (χ1) is 8.55. The Hall–Kier alpha value is -1.84. The molecule has 0 fully saturated rings. The van der Waals surface area contributed by atoms with Crippen LogP contribution in [0.3, 0.4) is 0 Å². The Balaban J connectivity index is 1.99. The van der Waals surface area contributed by atoms with Crippen molar-refractivity contribution >= 4 is 0 Å². The molecule has 2 aromatic rings. The standard InChI is InChI=1S/C14H12F3N/c15-14(16,17)13-5-3-11(4-6-13)1-2-12-7-9-18-10-8-12/h3-10H,1-2H2. The van der Waals surface area contributed by atoms with Gasteiger partial charge in [0.25, 0.3) is 0 Å². The van der Waals surface area contributed by atoms with Crippen LogP contribution in [0.2, 0.25) is 0 Å². The van der Waals surface area contributed by atoms with Crippen LogP contribution in [0.4, 0.5) is 13.2 Å². The first kappa shape index (κ1) is 12.6. The van der Waals surface area contributed by atoms with Crippen LogP contribution < -0.4 is 0 Å². The van der Waals surface area contributed by atoms with Crippen molar-refractivity contribution in [2.45, 2.75) is 19.0 Å². The first-order valence-corrected chi connectivity index (χ1v) is 5.61. The van der Waals surface area contributed by atoms with E-state index in [9.17, 15) is 13.2 Å². The van der Waals surface area contributed by atoms with Crippen molar-refractivity contribution in [2.24, 2.45) is 0 Å². The summed E-state index contributed by atoms with van der Waals surface area (Å²) in [5.74, 6) is 0. The van der Waals surface area contributed by atoms with Crippen molar-refractivity contribution in [2.75, 3.05) is 0 Å². The monoisotopic (exact) mass is 251 g/mol. The summed E-state index contributed by atoms with van der Waals surface area (Å²) in [5, 5.41) is 0. The normalized spacial score (nSPS) is 11.5. The predicted octanol–water partition coefficient (Wildman–Crippen LogP) is 3.89. The molecular formula is C14H12F3N. The van der Waals surface area contributed by atoms with Crippen LogP contribution in [0.25, 0.3) is 0 Å². The maximum Gasteiger partial charge on any atom is 0.416 e. The van der Waals surface area contributed by atoms with Crippen molar-refractivity contribution in [3.8, 4) is 0 Å². The van der Waals surface area contributed by atoms with Gasteiger partial charge in [-0.25, -0.2) is 0 Å². The van der Waals surface area contributed by atoms with E-state index in [1.54, 1.807) is 12.4 Å². The van der Waals surface area contributed by atoms with E-state index in [0.29, 0.717) is 0 Å². The van der Waals surface area contributed by atoms with Gasteiger partial charge in [-0.1, -0.05) is 12.1 Å². The maximum absolute atomic E-state index is 12.4. The van der Waals surface area contributed by atoms with Gasteiger partial charge in [-0.3, -0.25) is 4.98 Å². The van der Waals surface area contributed by atoms with Crippen molar-refractivity contribution in [3.63, 3.8) is 0 Å². The minimum Gasteiger partial charge on any atom is -0.265 e. The molecule has 0 radical (unpaired) electrons. The Kier molecular flexibility index (Phi) is 3.65. The molecule has 4 heteroatoms. The SMILES string of the molecule is FC(F)(F)c1ccc(CCc2ccncc2)cc1. The number of nitrogens with zero attached hydrogens (tertiary/aromatic N) is 1. The number of hydrogen-bond acceptors (Lipinski definition) is 1. The molecule has 0 saturated heterocycles. The molecule has 0 atom stereocenters. The lowest BCUT2D eigenvalue weighted by Crippen LogP contribution is -2.04. The lowest BCUT2D eigenvalue weighted by atomic mass is 10.0. The van der Waals surface area contributed by atoms with Crippen LogP contribution in [0.15, 0.2) is 48.8 Å². The molecule has 0 aliphatic rings. The van der Waals surface area contributed by atoms with E-state index >= 15 is 0 Å². The first-order valence-electron chi connectivity index (χ1n) is 5.61. The third kappa shape index (κ3) is 3.32. The minimum absolute atomic E-state index is 0.602. The zero-order valence-corrected chi connectivity index (χ0v) is 9.61. The summed E-state index contributed by atoms with van der Waals surface area (Å²) in [6.45, 7) is 0. The van der Waals surface area contributed by atoms with Crippen LogP contribution in [-0.2, 0) is 19.0 Å². The third-order valence-corrected chi connectivity index (χ3v) is 2.73. The Labute approximate surface area is 103 Å². The fraction of sp³-hybridized carbons (Fsp3) is 0.214. The summed E-state index contributed by atoms with van der Waals surface area (Å²) in [5.41, 5.74) is 1.43. The van der Waals surface area contributed by atoms with E-state index < -0.39 is 11.7 Å². The lowest BCUT2D eigenvalue weighted by molar-refractivity contribution is -0.137. The topological polar surface area (TPSA) is 12.9 Å². The van der Waals surface area contributed by atoms with Gasteiger partial charge in [-0.2, -0.15) is 13.2 Å². The highest BCUT2D eigenvalue weighted by atomic mass is 19.4. The van der Waals surface area contributed by atoms with Crippen molar-refractivity contribution in [3.05, 3.63) is 65.5 Å². The molecule has 0 aliphatic heterocycles. The second-order valence-corrected chi connectivity index (χ2v) is 4.05. The van der Waals surface area contributed by atoms with Gasteiger partial charge in [0.1, 0.15) is 0 Å². The number of halogens is 3. The molecule has 0 aliphatic carbocycles. The van der Waals surface area contributed by atoms with Gasteiger partial charge in [0.15, 0.2) is 0 Å². The second kappa shape index (κ2) is 5.21. The molecule has 0 N–H and O–H groups in total. The summed E-state index contributed by atoms with van der Waals surface area (Å²) < 4.78 is 37.1. The highest BCUT2D eigenvalue weighted by Gasteiger charge is 2.29. The van der Waals surface area contributed by atoms with Crippen molar-refractivity contribution in [1.82, 2.24) is 4.98 Å². The van der Waals surface area contributed by atoms with Gasteiger partial charge >= 0.3 is 6.18 Å². The molecule has 0 saturated carbocycles. The van der Waals surface area contributed by atoms with E-state index in [0.717, 1.165) is 36.1 Å². The van der Waals surface area contributed by atoms with Gasteiger partial charge < -0.3 is 0 Å². The number of hydrogen-bond donors (Lipinski definition) is 0. The fourth-order valence-corrected chi connectivity index (χ4v) is 1.70. The Morgan fingerprint density at radius 3 is 1.78 bits per heavy atom. The number of aryl methyl sites for hydroxylation is 2. The van der Waals surface area contributed by atoms with Crippen molar-refractivity contribution in [1.29, 1.82) is 0 Å². The van der Waals surface area contributed by atoms with Crippen LogP contribution >= 0.6 is 0 Å². The predicted molar refractivity (Wildman–Crippen MR) is 63.1 cm³/mol. The van der Waals surface area contributed by atoms with Crippen LogP contribution in [0.5, 0.6) is 0 Å². The molecule has 2 rings (SSSR count). The average Bonchev–Trinajstić information content (AvgIpc) is 2.37. The van der Waals surface area contributed by atoms with E-state index in [1.165, 1.54) is 12.1 Å². The molecule has 0 bridgehead atoms. The number of rotatable bonds is 3. The average molecular weight is 251 g/mol. The fourth-order valence-electron chi connectivity index (χ4n) is 1.70. The largest absolute Gasteiger partial charge is 0.416 e. The lowest BCUT2D eigenvalue weighted by Gasteiger charge is -2.07. The van der Waals surface area contributed by atoms with Crippen LogP contribution in [0.1, 0.15) is 16.7 Å². The summed E-state index contributed by atoms with van der Waals surface area (Å²) in [6.07, 6.45) is 0.684. The maximum atomic E-state index is 12.4. The van der Waals surface area contributed by atoms with E-state index in [-0.39, 0.29) is 0 Å². The van der Waals surface area contributed by atoms with Gasteiger partial charge in [0.2, 0.25) is 0 Å². The third-order valence-electron chi connectivity index (χ3n) is 2.73. The Morgan fingerprint density at radius 2 is 1.28 bits per heavy atom. The molecule has 1 aromatic heterocycles. The zero-order valence-electron chi connectivity index (χ0n) is 9.61. The molecule has 0 spiro atoms. The van der Waals surface area contributed by atoms with Gasteiger partial charge in [0, 0.05) is 12.4 Å². The Bertz CT molecular complexity index is 489. The molecule has 1 heterocycles. The minimum atomic E-state index is -4.26. The van der Waals surface area contributed by atoms with Gasteiger partial charge in [0.05, 0.1) is 5.56 Å². The molecule has 1 nitrogen and oxygen atoms in total. The molecule has 0 amide bonds. The molecule has 94 valence electrons. The van der Waals surface area contributed by atoms with E-state index in [2.05, 4.69) is 4.98 Å². The van der Waals surface area contributed by atoms with E-state index in [4.69, 9.17) is 0 Å². The molecule has 18 heavy (non-hydrogen) atoms. The highest BCUT2D eigenvalue weighted by molar-refractivity contribution is 5.25. The molecule has 1 aromatic carbocycles. The number of pyridine rings is 1. The van der Waals surface area contributed by atoms with Crippen LogP contribution in [0, 0.1) is 0 Å². The highest BCUT2D eigenvalue weighted by Crippen LogP contribution is 2.29. The second-order valence-electron chi connectivity index (χ2n) is 4.05. The van der Waals surface area contributed by atoms with Crippen LogP contribution in [-0.4, -0.2) is 4.98 Å². The molecular weight excluding hydrogens is 239 g/mol. The summed E-state index contributed by atoms with van der Waals surface area (Å²) in [6, 6.07) is 9.13. The van der Waals surface area contributed by atoms with E-state index in [1.807, 2.05) is 12.1 Å². The van der Waals surface area contributed by atoms with Crippen molar-refractivity contribution < 1.29 is 13.2 Å².